The van der Waals surface area contributed by atoms with Crippen LogP contribution in [0, 0.1) is 0 Å². The van der Waals surface area contributed by atoms with Gasteiger partial charge >= 0.3 is 6.03 Å². The van der Waals surface area contributed by atoms with Crippen molar-refractivity contribution in [3.63, 3.8) is 0 Å². The fourth-order valence-electron chi connectivity index (χ4n) is 1.94. The summed E-state index contributed by atoms with van der Waals surface area (Å²) in [7, 11) is 0. The normalized spacial score (nSPS) is 15.7. The largest absolute Gasteiger partial charge is 0.335 e. The highest BCUT2D eigenvalue weighted by Gasteiger charge is 2.24. The Labute approximate surface area is 122 Å². The number of carbonyl (C=O) groups is 1. The van der Waals surface area contributed by atoms with Crippen molar-refractivity contribution < 1.29 is 4.79 Å². The van der Waals surface area contributed by atoms with Crippen molar-refractivity contribution in [2.24, 2.45) is 0 Å². The second-order valence-electron chi connectivity index (χ2n) is 5.05. The van der Waals surface area contributed by atoms with Gasteiger partial charge in [-0.1, -0.05) is 30.3 Å². The molecule has 0 aliphatic heterocycles. The van der Waals surface area contributed by atoms with E-state index in [9.17, 15) is 4.79 Å². The summed E-state index contributed by atoms with van der Waals surface area (Å²) >= 11 is 1.58. The molecule has 4 nitrogen and oxygen atoms in total. The van der Waals surface area contributed by atoms with Gasteiger partial charge in [0, 0.05) is 17.0 Å². The molecular formula is C15H17N3OS. The molecule has 0 radical (unpaired) electrons. The van der Waals surface area contributed by atoms with Crippen LogP contribution in [-0.2, 0) is 0 Å². The highest BCUT2D eigenvalue weighted by molar-refractivity contribution is 7.10. The van der Waals surface area contributed by atoms with Crippen molar-refractivity contribution in [2.45, 2.75) is 31.8 Å². The lowest BCUT2D eigenvalue weighted by Crippen LogP contribution is -2.38. The Morgan fingerprint density at radius 2 is 2.10 bits per heavy atom. The summed E-state index contributed by atoms with van der Waals surface area (Å²) in [5.41, 5.74) is 2.06. The number of hydrogen-bond donors (Lipinski definition) is 2. The minimum atomic E-state index is -0.100. The Balaban J connectivity index is 1.65. The Morgan fingerprint density at radius 1 is 1.35 bits per heavy atom. The van der Waals surface area contributed by atoms with Crippen molar-refractivity contribution in [1.29, 1.82) is 0 Å². The smallest absolute Gasteiger partial charge is 0.315 e. The maximum absolute atomic E-state index is 11.7. The van der Waals surface area contributed by atoms with Gasteiger partial charge in [0.25, 0.3) is 0 Å². The minimum absolute atomic E-state index is 0.0730. The Hall–Kier alpha value is -1.88. The quantitative estimate of drug-likeness (QED) is 0.906. The second kappa shape index (κ2) is 5.63. The van der Waals surface area contributed by atoms with Gasteiger partial charge in [-0.3, -0.25) is 0 Å². The molecule has 1 aliphatic carbocycles. The van der Waals surface area contributed by atoms with Crippen LogP contribution < -0.4 is 10.6 Å². The first-order chi connectivity index (χ1) is 9.72. The minimum Gasteiger partial charge on any atom is -0.335 e. The molecule has 1 aliphatic rings. The molecule has 0 saturated heterocycles. The predicted molar refractivity (Wildman–Crippen MR) is 80.7 cm³/mol. The fraction of sp³-hybridized carbons (Fsp3) is 0.333. The van der Waals surface area contributed by atoms with E-state index in [0.717, 1.165) is 29.1 Å². The molecule has 3 rings (SSSR count). The lowest BCUT2D eigenvalue weighted by atomic mass is 10.2. The van der Waals surface area contributed by atoms with Crippen LogP contribution in [0.15, 0.2) is 35.7 Å². The average molecular weight is 287 g/mol. The van der Waals surface area contributed by atoms with Crippen molar-refractivity contribution >= 4 is 17.4 Å². The van der Waals surface area contributed by atoms with Crippen LogP contribution in [0.2, 0.25) is 0 Å². The molecule has 0 unspecified atom stereocenters. The van der Waals surface area contributed by atoms with E-state index in [0.29, 0.717) is 6.04 Å². The maximum Gasteiger partial charge on any atom is 0.315 e. The lowest BCUT2D eigenvalue weighted by molar-refractivity contribution is 0.237. The molecule has 1 fully saturated rings. The predicted octanol–water partition coefficient (Wildman–Crippen LogP) is 3.33. The summed E-state index contributed by atoms with van der Waals surface area (Å²) in [6, 6.07) is 10.3. The van der Waals surface area contributed by atoms with E-state index >= 15 is 0 Å². The van der Waals surface area contributed by atoms with Crippen LogP contribution in [0.25, 0.3) is 11.3 Å². The Kier molecular flexibility index (Phi) is 3.69. The van der Waals surface area contributed by atoms with E-state index in [1.807, 2.05) is 42.6 Å². The molecular weight excluding hydrogens is 270 g/mol. The third-order valence-corrected chi connectivity index (χ3v) is 4.25. The summed E-state index contributed by atoms with van der Waals surface area (Å²) in [5, 5.41) is 8.81. The number of benzene rings is 1. The van der Waals surface area contributed by atoms with Gasteiger partial charge in [-0.25, -0.2) is 9.78 Å². The molecule has 2 N–H and O–H groups in total. The Bertz CT molecular complexity index is 592. The number of nitrogens with one attached hydrogen (secondary N) is 2. The molecule has 5 heteroatoms. The van der Waals surface area contributed by atoms with Crippen molar-refractivity contribution in [3.8, 4) is 11.3 Å². The molecule has 0 spiro atoms. The van der Waals surface area contributed by atoms with Gasteiger partial charge in [-0.05, 0) is 19.8 Å². The summed E-state index contributed by atoms with van der Waals surface area (Å²) in [6.45, 7) is 1.96. The van der Waals surface area contributed by atoms with Crippen LogP contribution >= 0.6 is 11.3 Å². The van der Waals surface area contributed by atoms with Crippen molar-refractivity contribution in [2.75, 3.05) is 0 Å². The fourth-order valence-corrected chi connectivity index (χ4v) is 2.78. The number of rotatable bonds is 4. The zero-order valence-corrected chi connectivity index (χ0v) is 12.1. The van der Waals surface area contributed by atoms with E-state index in [1.165, 1.54) is 0 Å². The van der Waals surface area contributed by atoms with Gasteiger partial charge < -0.3 is 10.6 Å². The molecule has 1 aromatic carbocycles. The summed E-state index contributed by atoms with van der Waals surface area (Å²) in [4.78, 5) is 16.3. The summed E-state index contributed by atoms with van der Waals surface area (Å²) in [6.07, 6.45) is 2.19. The van der Waals surface area contributed by atoms with E-state index < -0.39 is 0 Å². The highest BCUT2D eigenvalue weighted by Crippen LogP contribution is 2.25. The van der Waals surface area contributed by atoms with Crippen molar-refractivity contribution in [3.05, 3.63) is 40.7 Å². The number of hydrogen-bond acceptors (Lipinski definition) is 3. The zero-order valence-electron chi connectivity index (χ0n) is 11.3. The molecule has 1 saturated carbocycles. The standard InChI is InChI=1S/C15H17N3OS/c1-10(16-15(19)17-12-7-8-12)14-18-13(9-20-14)11-5-3-2-4-6-11/h2-6,9-10,12H,7-8H2,1H3,(H2,16,17,19)/t10-/m1/s1. The van der Waals surface area contributed by atoms with E-state index in [4.69, 9.17) is 0 Å². The molecule has 104 valence electrons. The molecule has 2 aromatic rings. The number of aromatic nitrogens is 1. The third kappa shape index (κ3) is 3.17. The van der Waals surface area contributed by atoms with Gasteiger partial charge in [-0.15, -0.1) is 11.3 Å². The molecule has 0 bridgehead atoms. The summed E-state index contributed by atoms with van der Waals surface area (Å²) < 4.78 is 0. The molecule has 1 heterocycles. The zero-order chi connectivity index (χ0) is 13.9. The van der Waals surface area contributed by atoms with Crippen molar-refractivity contribution in [1.82, 2.24) is 15.6 Å². The molecule has 1 atom stereocenters. The van der Waals surface area contributed by atoms with Gasteiger partial charge in [0.1, 0.15) is 5.01 Å². The molecule has 2 amide bonds. The van der Waals surface area contributed by atoms with Crippen LogP contribution in [0.3, 0.4) is 0 Å². The monoisotopic (exact) mass is 287 g/mol. The topological polar surface area (TPSA) is 54.0 Å². The highest BCUT2D eigenvalue weighted by atomic mass is 32.1. The molecule has 1 aromatic heterocycles. The third-order valence-electron chi connectivity index (χ3n) is 3.22. The van der Waals surface area contributed by atoms with E-state index in [-0.39, 0.29) is 12.1 Å². The van der Waals surface area contributed by atoms with Crippen LogP contribution in [0.1, 0.15) is 30.8 Å². The number of urea groups is 1. The van der Waals surface area contributed by atoms with Gasteiger partial charge in [0.15, 0.2) is 0 Å². The average Bonchev–Trinajstić information content (AvgIpc) is 3.12. The Morgan fingerprint density at radius 3 is 2.80 bits per heavy atom. The second-order valence-corrected chi connectivity index (χ2v) is 5.94. The SMILES string of the molecule is C[C@@H](NC(=O)NC1CC1)c1nc(-c2ccccc2)cs1. The van der Waals surface area contributed by atoms with Crippen LogP contribution in [0.5, 0.6) is 0 Å². The van der Waals surface area contributed by atoms with Gasteiger partial charge in [-0.2, -0.15) is 0 Å². The van der Waals surface area contributed by atoms with E-state index in [1.54, 1.807) is 11.3 Å². The molecule has 20 heavy (non-hydrogen) atoms. The number of amides is 2. The van der Waals surface area contributed by atoms with Crippen LogP contribution in [0.4, 0.5) is 4.79 Å². The van der Waals surface area contributed by atoms with Gasteiger partial charge in [0.05, 0.1) is 11.7 Å². The number of thiazole rings is 1. The maximum atomic E-state index is 11.7. The van der Waals surface area contributed by atoms with Gasteiger partial charge in [0.2, 0.25) is 0 Å². The van der Waals surface area contributed by atoms with Crippen LogP contribution in [-0.4, -0.2) is 17.1 Å². The summed E-state index contributed by atoms with van der Waals surface area (Å²) in [5.74, 6) is 0. The van der Waals surface area contributed by atoms with E-state index in [2.05, 4.69) is 15.6 Å². The first kappa shape index (κ1) is 13.1. The number of nitrogens with zero attached hydrogens (tertiary/aromatic N) is 1. The lowest BCUT2D eigenvalue weighted by Gasteiger charge is -2.11. The first-order valence-corrected chi connectivity index (χ1v) is 7.68. The first-order valence-electron chi connectivity index (χ1n) is 6.80. The number of carbonyl (C=O) groups excluding carboxylic acids is 1.